The Morgan fingerprint density at radius 3 is 2.67 bits per heavy atom. The highest BCUT2D eigenvalue weighted by molar-refractivity contribution is 5.89. The van der Waals surface area contributed by atoms with E-state index in [9.17, 15) is 0 Å². The molecule has 0 radical (unpaired) electrons. The molecule has 1 aromatic carbocycles. The van der Waals surface area contributed by atoms with E-state index in [4.69, 9.17) is 0 Å². The van der Waals surface area contributed by atoms with Gasteiger partial charge in [-0.05, 0) is 30.0 Å². The summed E-state index contributed by atoms with van der Waals surface area (Å²) in [4.78, 5) is 8.37. The Labute approximate surface area is 106 Å². The van der Waals surface area contributed by atoms with E-state index in [-0.39, 0.29) is 0 Å². The van der Waals surface area contributed by atoms with E-state index >= 15 is 0 Å². The molecule has 2 heterocycles. The van der Waals surface area contributed by atoms with Crippen molar-refractivity contribution in [1.82, 2.24) is 9.97 Å². The standard InChI is InChI=1S/C15H14N3/c1-11-13-5-6-16-9-12(13)3-4-14(11)15-10-17-7-8-18(15)2/h3-10H,1-2H3/q+1. The number of rotatable bonds is 1. The third-order valence-corrected chi connectivity index (χ3v) is 3.32. The number of hydrogen-bond acceptors (Lipinski definition) is 2. The summed E-state index contributed by atoms with van der Waals surface area (Å²) >= 11 is 0. The number of aryl methyl sites for hydroxylation is 2. The van der Waals surface area contributed by atoms with Crippen molar-refractivity contribution in [3.63, 3.8) is 0 Å². The first-order chi connectivity index (χ1) is 8.77. The molecular weight excluding hydrogens is 222 g/mol. The second kappa shape index (κ2) is 4.18. The van der Waals surface area contributed by atoms with E-state index < -0.39 is 0 Å². The van der Waals surface area contributed by atoms with Crippen LogP contribution in [0, 0.1) is 6.92 Å². The molecule has 3 aromatic rings. The molecule has 0 fully saturated rings. The SMILES string of the molecule is Cc1c(-c2cncc[n+]2C)ccc2cnccc12. The molecule has 3 nitrogen and oxygen atoms in total. The highest BCUT2D eigenvalue weighted by Gasteiger charge is 2.13. The molecule has 0 spiro atoms. The highest BCUT2D eigenvalue weighted by Crippen LogP contribution is 2.26. The van der Waals surface area contributed by atoms with E-state index in [1.54, 1.807) is 6.20 Å². The van der Waals surface area contributed by atoms with Crippen LogP contribution in [-0.4, -0.2) is 9.97 Å². The predicted molar refractivity (Wildman–Crippen MR) is 70.9 cm³/mol. The summed E-state index contributed by atoms with van der Waals surface area (Å²) in [5.74, 6) is 0. The maximum atomic E-state index is 4.21. The molecule has 0 atom stereocenters. The summed E-state index contributed by atoms with van der Waals surface area (Å²) < 4.78 is 2.09. The number of nitrogens with zero attached hydrogens (tertiary/aromatic N) is 3. The summed E-state index contributed by atoms with van der Waals surface area (Å²) in [6.45, 7) is 2.14. The molecule has 3 heteroatoms. The van der Waals surface area contributed by atoms with Crippen molar-refractivity contribution in [3.05, 3.63) is 54.7 Å². The van der Waals surface area contributed by atoms with Crippen LogP contribution in [0.3, 0.4) is 0 Å². The number of aromatic nitrogens is 3. The first kappa shape index (κ1) is 10.8. The fraction of sp³-hybridized carbons (Fsp3) is 0.133. The molecule has 0 saturated heterocycles. The van der Waals surface area contributed by atoms with Gasteiger partial charge in [-0.25, -0.2) is 0 Å². The lowest BCUT2D eigenvalue weighted by Gasteiger charge is -2.07. The van der Waals surface area contributed by atoms with E-state index in [1.807, 2.05) is 31.8 Å². The molecule has 0 aliphatic carbocycles. The van der Waals surface area contributed by atoms with Gasteiger partial charge >= 0.3 is 0 Å². The molecule has 0 aliphatic heterocycles. The molecule has 0 unspecified atom stereocenters. The monoisotopic (exact) mass is 236 g/mol. The largest absolute Gasteiger partial charge is 0.264 e. The Kier molecular flexibility index (Phi) is 2.52. The average Bonchev–Trinajstić information content (AvgIpc) is 2.41. The van der Waals surface area contributed by atoms with Crippen LogP contribution in [-0.2, 0) is 7.05 Å². The lowest BCUT2D eigenvalue weighted by molar-refractivity contribution is -0.660. The van der Waals surface area contributed by atoms with Gasteiger partial charge in [0.15, 0.2) is 6.20 Å². The Morgan fingerprint density at radius 2 is 1.83 bits per heavy atom. The van der Waals surface area contributed by atoms with E-state index in [2.05, 4.69) is 39.7 Å². The smallest absolute Gasteiger partial charge is 0.231 e. The maximum absolute atomic E-state index is 4.21. The Morgan fingerprint density at radius 1 is 1.00 bits per heavy atom. The minimum atomic E-state index is 1.12. The Bertz CT molecular complexity index is 720. The minimum absolute atomic E-state index is 1.12. The Hall–Kier alpha value is -2.29. The number of pyridine rings is 1. The van der Waals surface area contributed by atoms with E-state index in [0.717, 1.165) is 5.69 Å². The van der Waals surface area contributed by atoms with Gasteiger partial charge in [-0.2, -0.15) is 4.57 Å². The maximum Gasteiger partial charge on any atom is 0.231 e. The third-order valence-electron chi connectivity index (χ3n) is 3.32. The van der Waals surface area contributed by atoms with Gasteiger partial charge in [-0.1, -0.05) is 6.07 Å². The first-order valence-corrected chi connectivity index (χ1v) is 5.91. The second-order valence-electron chi connectivity index (χ2n) is 4.41. The summed E-state index contributed by atoms with van der Waals surface area (Å²) in [5, 5.41) is 2.41. The first-order valence-electron chi connectivity index (χ1n) is 5.91. The lowest BCUT2D eigenvalue weighted by Crippen LogP contribution is -2.30. The summed E-state index contributed by atoms with van der Waals surface area (Å²) in [7, 11) is 2.03. The second-order valence-corrected chi connectivity index (χ2v) is 4.41. The van der Waals surface area contributed by atoms with Crippen LogP contribution in [0.1, 0.15) is 5.56 Å². The topological polar surface area (TPSA) is 29.7 Å². The van der Waals surface area contributed by atoms with Crippen LogP contribution < -0.4 is 4.57 Å². The molecule has 3 rings (SSSR count). The summed E-state index contributed by atoms with van der Waals surface area (Å²) in [6, 6.07) is 6.30. The molecule has 18 heavy (non-hydrogen) atoms. The third kappa shape index (κ3) is 1.64. The molecule has 88 valence electrons. The lowest BCUT2D eigenvalue weighted by atomic mass is 9.99. The normalized spacial score (nSPS) is 10.8. The summed E-state index contributed by atoms with van der Waals surface area (Å²) in [6.07, 6.45) is 9.39. The van der Waals surface area contributed by atoms with Gasteiger partial charge < -0.3 is 0 Å². The molecule has 0 N–H and O–H groups in total. The van der Waals surface area contributed by atoms with Crippen LogP contribution in [0.4, 0.5) is 0 Å². The minimum Gasteiger partial charge on any atom is -0.264 e. The van der Waals surface area contributed by atoms with Crippen LogP contribution in [0.2, 0.25) is 0 Å². The van der Waals surface area contributed by atoms with Gasteiger partial charge in [0, 0.05) is 17.8 Å². The van der Waals surface area contributed by atoms with Gasteiger partial charge in [0.1, 0.15) is 7.05 Å². The van der Waals surface area contributed by atoms with Gasteiger partial charge in [0.2, 0.25) is 5.69 Å². The zero-order chi connectivity index (χ0) is 12.5. The van der Waals surface area contributed by atoms with E-state index in [1.165, 1.54) is 21.9 Å². The zero-order valence-electron chi connectivity index (χ0n) is 10.5. The van der Waals surface area contributed by atoms with Crippen molar-refractivity contribution in [2.45, 2.75) is 6.92 Å². The molecule has 0 bridgehead atoms. The van der Waals surface area contributed by atoms with Crippen LogP contribution in [0.25, 0.3) is 22.0 Å². The van der Waals surface area contributed by atoms with Gasteiger partial charge in [0.05, 0.1) is 18.0 Å². The van der Waals surface area contributed by atoms with Crippen LogP contribution in [0.5, 0.6) is 0 Å². The van der Waals surface area contributed by atoms with E-state index in [0.29, 0.717) is 0 Å². The summed E-state index contributed by atoms with van der Waals surface area (Å²) in [5.41, 5.74) is 3.59. The van der Waals surface area contributed by atoms with Gasteiger partial charge in [0.25, 0.3) is 0 Å². The van der Waals surface area contributed by atoms with Crippen molar-refractivity contribution in [2.24, 2.45) is 7.05 Å². The number of hydrogen-bond donors (Lipinski definition) is 0. The van der Waals surface area contributed by atoms with Crippen molar-refractivity contribution < 1.29 is 4.57 Å². The number of fused-ring (bicyclic) bond motifs is 1. The average molecular weight is 236 g/mol. The molecule has 0 aliphatic rings. The highest BCUT2D eigenvalue weighted by atomic mass is 14.9. The van der Waals surface area contributed by atoms with Gasteiger partial charge in [-0.3, -0.25) is 9.97 Å². The van der Waals surface area contributed by atoms with Crippen LogP contribution >= 0.6 is 0 Å². The quantitative estimate of drug-likeness (QED) is 0.607. The predicted octanol–water partition coefficient (Wildman–Crippen LogP) is 2.43. The zero-order valence-corrected chi connectivity index (χ0v) is 10.5. The van der Waals surface area contributed by atoms with Crippen LogP contribution in [0.15, 0.2) is 49.2 Å². The fourth-order valence-corrected chi connectivity index (χ4v) is 2.28. The fourth-order valence-electron chi connectivity index (χ4n) is 2.28. The Balaban J connectivity index is 2.31. The van der Waals surface area contributed by atoms with Crippen molar-refractivity contribution >= 4 is 10.8 Å². The van der Waals surface area contributed by atoms with Crippen molar-refractivity contribution in [3.8, 4) is 11.3 Å². The van der Waals surface area contributed by atoms with Gasteiger partial charge in [-0.15, -0.1) is 0 Å². The van der Waals surface area contributed by atoms with Crippen molar-refractivity contribution in [2.75, 3.05) is 0 Å². The molecule has 2 aromatic heterocycles. The molecular formula is C15H14N3+. The number of benzene rings is 1. The molecule has 0 saturated carbocycles. The van der Waals surface area contributed by atoms with Crippen molar-refractivity contribution in [1.29, 1.82) is 0 Å². The molecule has 0 amide bonds.